The average Bonchev–Trinajstić information content (AvgIpc) is 2.97. The highest BCUT2D eigenvalue weighted by Crippen LogP contribution is 2.21. The Balaban J connectivity index is 2.39. The van der Waals surface area contributed by atoms with E-state index in [1.165, 1.54) is 50.8 Å². The fourth-order valence-corrected chi connectivity index (χ4v) is 3.67. The van der Waals surface area contributed by atoms with Crippen molar-refractivity contribution in [3.8, 4) is 0 Å². The Labute approximate surface area is 149 Å². The van der Waals surface area contributed by atoms with Gasteiger partial charge in [-0.25, -0.2) is 4.99 Å². The van der Waals surface area contributed by atoms with E-state index < -0.39 is 0 Å². The molecule has 4 heteroatoms. The molecule has 2 atom stereocenters. The number of amides is 1. The van der Waals surface area contributed by atoms with Gasteiger partial charge in [0, 0.05) is 13.8 Å². The molecule has 0 bridgehead atoms. The molecule has 138 valence electrons. The van der Waals surface area contributed by atoms with Gasteiger partial charge in [-0.05, 0) is 19.8 Å². The van der Waals surface area contributed by atoms with Crippen molar-refractivity contribution >= 4 is 11.7 Å². The highest BCUT2D eigenvalue weighted by molar-refractivity contribution is 5.79. The van der Waals surface area contributed by atoms with Crippen molar-refractivity contribution in [1.29, 1.82) is 0 Å². The van der Waals surface area contributed by atoms with E-state index in [4.69, 9.17) is 4.99 Å². The second-order valence-corrected chi connectivity index (χ2v) is 6.98. The number of nitrogens with one attached hydrogen (secondary N) is 1. The summed E-state index contributed by atoms with van der Waals surface area (Å²) >= 11 is 0. The number of rotatable bonds is 12. The number of amidine groups is 1. The van der Waals surface area contributed by atoms with Crippen molar-refractivity contribution in [2.45, 2.75) is 85.2 Å². The zero-order valence-corrected chi connectivity index (χ0v) is 16.3. The zero-order chi connectivity index (χ0) is 17.8. The average molecular weight is 337 g/mol. The Morgan fingerprint density at radius 2 is 1.92 bits per heavy atom. The maximum atomic E-state index is 11.4. The fraction of sp³-hybridized carbons (Fsp3) is 0.800. The van der Waals surface area contributed by atoms with Crippen molar-refractivity contribution in [3.63, 3.8) is 0 Å². The minimum Gasteiger partial charge on any atom is -0.307 e. The third-order valence-electron chi connectivity index (χ3n) is 5.22. The largest absolute Gasteiger partial charge is 0.307 e. The van der Waals surface area contributed by atoms with E-state index in [1.54, 1.807) is 6.92 Å². The van der Waals surface area contributed by atoms with Crippen LogP contribution >= 0.6 is 0 Å². The van der Waals surface area contributed by atoms with E-state index in [0.717, 1.165) is 30.5 Å². The Kier molecular flexibility index (Phi) is 9.92. The van der Waals surface area contributed by atoms with Crippen LogP contribution in [-0.2, 0) is 4.79 Å². The third kappa shape index (κ3) is 6.39. The number of hydrogen-bond acceptors (Lipinski definition) is 2. The van der Waals surface area contributed by atoms with Gasteiger partial charge in [-0.15, -0.1) is 0 Å². The highest BCUT2D eigenvalue weighted by Gasteiger charge is 2.41. The molecule has 0 radical (unpaired) electrons. The summed E-state index contributed by atoms with van der Waals surface area (Å²) in [5.74, 6) is 1.26. The Hall–Kier alpha value is -1.16. The molecule has 0 aromatic rings. The number of nitrogens with zero attached hydrogens (tertiary/aromatic N) is 2. The molecule has 0 aromatic carbocycles. The molecule has 0 spiro atoms. The van der Waals surface area contributed by atoms with Gasteiger partial charge in [-0.1, -0.05) is 51.2 Å². The van der Waals surface area contributed by atoms with Gasteiger partial charge in [-0.2, -0.15) is 0 Å². The van der Waals surface area contributed by atoms with Crippen LogP contribution in [0, 0.1) is 0 Å². The van der Waals surface area contributed by atoms with Crippen LogP contribution in [0.25, 0.3) is 0 Å². The summed E-state index contributed by atoms with van der Waals surface area (Å²) in [6.07, 6.45) is 14.9. The molecular formula is C20H38N3O+. The second kappa shape index (κ2) is 11.4. The predicted octanol–water partition coefficient (Wildman–Crippen LogP) is 4.41. The summed E-state index contributed by atoms with van der Waals surface area (Å²) in [6.45, 7) is 11.0. The molecule has 0 fully saturated rings. The normalized spacial score (nSPS) is 21.9. The molecule has 1 aliphatic rings. The molecule has 0 saturated heterocycles. The van der Waals surface area contributed by atoms with Gasteiger partial charge >= 0.3 is 0 Å². The number of allylic oxidation sites excluding steroid dienone is 1. The standard InChI is InChI=1S/C20H37N3O/c1-5-7-8-9-10-11-12-13-14-15-20-21-16-17-23(20,6-2)18(3)22-19(4)24/h13-14,18H,5-12,15-17H2,1-4H3/p+1/b14-13+. The lowest BCUT2D eigenvalue weighted by Gasteiger charge is -2.39. The van der Waals surface area contributed by atoms with Crippen LogP contribution < -0.4 is 5.32 Å². The van der Waals surface area contributed by atoms with Gasteiger partial charge in [0.1, 0.15) is 6.54 Å². The Morgan fingerprint density at radius 1 is 1.21 bits per heavy atom. The van der Waals surface area contributed by atoms with E-state index in [2.05, 4.69) is 38.2 Å². The lowest BCUT2D eigenvalue weighted by molar-refractivity contribution is -0.861. The number of aliphatic imine (C=N–C) groups is 1. The highest BCUT2D eigenvalue weighted by atomic mass is 16.1. The third-order valence-corrected chi connectivity index (χ3v) is 5.22. The molecule has 0 aliphatic carbocycles. The second-order valence-electron chi connectivity index (χ2n) is 6.98. The Morgan fingerprint density at radius 3 is 2.58 bits per heavy atom. The maximum absolute atomic E-state index is 11.4. The molecule has 4 nitrogen and oxygen atoms in total. The molecule has 1 heterocycles. The first-order valence-electron chi connectivity index (χ1n) is 9.89. The van der Waals surface area contributed by atoms with E-state index >= 15 is 0 Å². The van der Waals surface area contributed by atoms with Crippen LogP contribution in [0.3, 0.4) is 0 Å². The summed E-state index contributed by atoms with van der Waals surface area (Å²) in [6, 6.07) is 0. The number of quaternary nitrogens is 1. The van der Waals surface area contributed by atoms with Crippen LogP contribution in [0.2, 0.25) is 0 Å². The summed E-state index contributed by atoms with van der Waals surface area (Å²) in [4.78, 5) is 16.2. The van der Waals surface area contributed by atoms with Gasteiger partial charge in [0.2, 0.25) is 11.7 Å². The van der Waals surface area contributed by atoms with Crippen molar-refractivity contribution < 1.29 is 9.28 Å². The lowest BCUT2D eigenvalue weighted by Crippen LogP contribution is -2.62. The maximum Gasteiger partial charge on any atom is 0.221 e. The summed E-state index contributed by atoms with van der Waals surface area (Å²) in [5, 5.41) is 3.07. The molecule has 1 amide bonds. The van der Waals surface area contributed by atoms with Crippen molar-refractivity contribution in [3.05, 3.63) is 12.2 Å². The van der Waals surface area contributed by atoms with E-state index in [1.807, 2.05) is 0 Å². The van der Waals surface area contributed by atoms with E-state index in [9.17, 15) is 4.79 Å². The number of likely N-dealkylation sites (N-methyl/N-ethyl adjacent to an activating group) is 1. The SMILES string of the molecule is CCCCCCCC/C=C/CC1=NCC[N+]1(CC)C(C)NC(C)=O. The van der Waals surface area contributed by atoms with Crippen LogP contribution in [0.1, 0.15) is 79.1 Å². The number of carbonyl (C=O) groups is 1. The summed E-state index contributed by atoms with van der Waals surface area (Å²) < 4.78 is 0.806. The van der Waals surface area contributed by atoms with E-state index in [-0.39, 0.29) is 12.1 Å². The van der Waals surface area contributed by atoms with Crippen LogP contribution in [0.15, 0.2) is 17.1 Å². The molecule has 0 aromatic heterocycles. The van der Waals surface area contributed by atoms with Crippen molar-refractivity contribution in [1.82, 2.24) is 5.32 Å². The van der Waals surface area contributed by atoms with Gasteiger partial charge in [-0.3, -0.25) is 9.28 Å². The first kappa shape index (κ1) is 20.9. The smallest absolute Gasteiger partial charge is 0.221 e. The molecule has 24 heavy (non-hydrogen) atoms. The van der Waals surface area contributed by atoms with Crippen LogP contribution in [0.4, 0.5) is 0 Å². The predicted molar refractivity (Wildman–Crippen MR) is 103 cm³/mol. The summed E-state index contributed by atoms with van der Waals surface area (Å²) in [5.41, 5.74) is 0. The first-order valence-corrected chi connectivity index (χ1v) is 9.89. The topological polar surface area (TPSA) is 41.5 Å². The monoisotopic (exact) mass is 336 g/mol. The van der Waals surface area contributed by atoms with Crippen LogP contribution in [0.5, 0.6) is 0 Å². The number of unbranched alkanes of at least 4 members (excludes halogenated alkanes) is 6. The van der Waals surface area contributed by atoms with Gasteiger partial charge in [0.05, 0.1) is 19.5 Å². The first-order chi connectivity index (χ1) is 11.6. The molecule has 1 rings (SSSR count). The minimum atomic E-state index is 0.0401. The number of hydrogen-bond donors (Lipinski definition) is 1. The van der Waals surface area contributed by atoms with Gasteiger partial charge in [0.15, 0.2) is 6.17 Å². The fourth-order valence-electron chi connectivity index (χ4n) is 3.67. The molecule has 2 unspecified atom stereocenters. The van der Waals surface area contributed by atoms with E-state index in [0.29, 0.717) is 0 Å². The molecule has 1 aliphatic heterocycles. The lowest BCUT2D eigenvalue weighted by atomic mass is 10.1. The van der Waals surface area contributed by atoms with Crippen molar-refractivity contribution in [2.75, 3.05) is 19.6 Å². The zero-order valence-electron chi connectivity index (χ0n) is 16.3. The minimum absolute atomic E-state index is 0.0401. The molecular weight excluding hydrogens is 298 g/mol. The van der Waals surface area contributed by atoms with Crippen LogP contribution in [-0.4, -0.2) is 42.0 Å². The molecule has 1 N–H and O–H groups in total. The number of carbonyl (C=O) groups excluding carboxylic acids is 1. The quantitative estimate of drug-likeness (QED) is 0.320. The van der Waals surface area contributed by atoms with Gasteiger partial charge < -0.3 is 5.32 Å². The summed E-state index contributed by atoms with van der Waals surface area (Å²) in [7, 11) is 0. The van der Waals surface area contributed by atoms with Gasteiger partial charge in [0.25, 0.3) is 0 Å². The Bertz CT molecular complexity index is 431. The van der Waals surface area contributed by atoms with Crippen molar-refractivity contribution in [2.24, 2.45) is 4.99 Å². The molecule has 0 saturated carbocycles.